The number of rotatable bonds is 4. The van der Waals surface area contributed by atoms with Crippen molar-refractivity contribution in [3.8, 4) is 0 Å². The van der Waals surface area contributed by atoms with Gasteiger partial charge in [0.05, 0.1) is 12.2 Å². The molecule has 0 radical (unpaired) electrons. The Balaban J connectivity index is 1.41. The quantitative estimate of drug-likeness (QED) is 0.441. The standard InChI is InChI=1S/C25H32N6O4/c1-14-20(33)21(34)24(35-14)31-23-19(29-25(31)28-17-6-8-18(32)9-7-17)22(26-13-27-23)30-11-10-15-4-2-3-5-16(15)12-30/h2-5,13-14,17-18,20-21,24,32-34H,6-12H2,1H3,(H,28,29)/t14-,17-,18+,20-,21-,24-/m1/s1. The maximum Gasteiger partial charge on any atom is 0.207 e. The lowest BCUT2D eigenvalue weighted by Crippen LogP contribution is -2.33. The van der Waals surface area contributed by atoms with Crippen LogP contribution in [0.2, 0.25) is 0 Å². The molecule has 2 fully saturated rings. The van der Waals surface area contributed by atoms with Crippen molar-refractivity contribution in [1.29, 1.82) is 0 Å². The second-order valence-electron chi connectivity index (χ2n) is 9.98. The molecule has 0 bridgehead atoms. The summed E-state index contributed by atoms with van der Waals surface area (Å²) in [6, 6.07) is 8.58. The monoisotopic (exact) mass is 480 g/mol. The van der Waals surface area contributed by atoms with Crippen molar-refractivity contribution < 1.29 is 20.1 Å². The van der Waals surface area contributed by atoms with Crippen LogP contribution in [0.5, 0.6) is 0 Å². The third-order valence-corrected chi connectivity index (χ3v) is 7.65. The minimum atomic E-state index is -1.11. The molecule has 2 aromatic heterocycles. The van der Waals surface area contributed by atoms with Crippen LogP contribution in [0.25, 0.3) is 11.2 Å². The molecule has 4 N–H and O–H groups in total. The number of nitrogens with zero attached hydrogens (tertiary/aromatic N) is 5. The lowest BCUT2D eigenvalue weighted by Gasteiger charge is -2.29. The molecule has 0 spiro atoms. The Labute approximate surface area is 203 Å². The predicted molar refractivity (Wildman–Crippen MR) is 130 cm³/mol. The number of aromatic nitrogens is 4. The van der Waals surface area contributed by atoms with E-state index >= 15 is 0 Å². The highest BCUT2D eigenvalue weighted by molar-refractivity contribution is 5.86. The fraction of sp³-hybridized carbons (Fsp3) is 0.560. The highest BCUT2D eigenvalue weighted by Gasteiger charge is 2.43. The predicted octanol–water partition coefficient (Wildman–Crippen LogP) is 1.74. The van der Waals surface area contributed by atoms with E-state index in [1.54, 1.807) is 11.5 Å². The summed E-state index contributed by atoms with van der Waals surface area (Å²) >= 11 is 0. The van der Waals surface area contributed by atoms with Gasteiger partial charge in [0, 0.05) is 19.1 Å². The van der Waals surface area contributed by atoms with Gasteiger partial charge in [-0.3, -0.25) is 4.57 Å². The molecule has 0 unspecified atom stereocenters. The average molecular weight is 481 g/mol. The van der Waals surface area contributed by atoms with Crippen LogP contribution in [-0.2, 0) is 17.7 Å². The molecule has 35 heavy (non-hydrogen) atoms. The Morgan fingerprint density at radius 2 is 1.77 bits per heavy atom. The number of nitrogens with one attached hydrogen (secondary N) is 1. The molecular formula is C25H32N6O4. The first-order valence-electron chi connectivity index (χ1n) is 12.5. The van der Waals surface area contributed by atoms with E-state index < -0.39 is 24.5 Å². The molecule has 1 saturated carbocycles. The van der Waals surface area contributed by atoms with Crippen LogP contribution in [0.3, 0.4) is 0 Å². The van der Waals surface area contributed by atoms with E-state index in [2.05, 4.69) is 44.5 Å². The number of aliphatic hydroxyl groups is 3. The molecule has 10 nitrogen and oxygen atoms in total. The topological polar surface area (TPSA) is 129 Å². The molecule has 1 aliphatic carbocycles. The molecule has 4 atom stereocenters. The molecule has 4 heterocycles. The van der Waals surface area contributed by atoms with Gasteiger partial charge in [0.15, 0.2) is 23.2 Å². The van der Waals surface area contributed by atoms with Crippen LogP contribution >= 0.6 is 0 Å². The summed E-state index contributed by atoms with van der Waals surface area (Å²) in [7, 11) is 0. The summed E-state index contributed by atoms with van der Waals surface area (Å²) in [6.45, 7) is 3.29. The van der Waals surface area contributed by atoms with Gasteiger partial charge in [-0.15, -0.1) is 0 Å². The van der Waals surface area contributed by atoms with Gasteiger partial charge in [-0.1, -0.05) is 24.3 Å². The Bertz CT molecular complexity index is 1210. The summed E-state index contributed by atoms with van der Waals surface area (Å²) in [5.74, 6) is 1.28. The first kappa shape index (κ1) is 22.7. The molecular weight excluding hydrogens is 448 g/mol. The van der Waals surface area contributed by atoms with Crippen molar-refractivity contribution in [3.05, 3.63) is 41.7 Å². The third-order valence-electron chi connectivity index (χ3n) is 7.65. The van der Waals surface area contributed by atoms with Gasteiger partial charge in [0.1, 0.15) is 18.5 Å². The fourth-order valence-electron chi connectivity index (χ4n) is 5.59. The van der Waals surface area contributed by atoms with E-state index in [1.165, 1.54) is 17.5 Å². The lowest BCUT2D eigenvalue weighted by molar-refractivity contribution is -0.0288. The van der Waals surface area contributed by atoms with Gasteiger partial charge >= 0.3 is 0 Å². The summed E-state index contributed by atoms with van der Waals surface area (Å²) in [4.78, 5) is 16.3. The first-order chi connectivity index (χ1) is 17.0. The maximum absolute atomic E-state index is 10.8. The molecule has 3 aromatic rings. The van der Waals surface area contributed by atoms with Gasteiger partial charge in [0.25, 0.3) is 0 Å². The highest BCUT2D eigenvalue weighted by atomic mass is 16.6. The van der Waals surface area contributed by atoms with Gasteiger partial charge in [0.2, 0.25) is 5.95 Å². The Morgan fingerprint density at radius 3 is 2.51 bits per heavy atom. The number of benzene rings is 1. The van der Waals surface area contributed by atoms with Crippen LogP contribution in [0.15, 0.2) is 30.6 Å². The molecule has 6 rings (SSSR count). The normalized spacial score (nSPS) is 31.0. The number of hydrogen-bond donors (Lipinski definition) is 4. The molecule has 186 valence electrons. The van der Waals surface area contributed by atoms with Gasteiger partial charge in [-0.2, -0.15) is 0 Å². The zero-order valence-corrected chi connectivity index (χ0v) is 19.8. The second-order valence-corrected chi connectivity index (χ2v) is 9.98. The number of ether oxygens (including phenoxy) is 1. The van der Waals surface area contributed by atoms with Crippen LogP contribution in [0, 0.1) is 0 Å². The number of imidazole rings is 1. The van der Waals surface area contributed by atoms with Crippen molar-refractivity contribution >= 4 is 22.9 Å². The largest absolute Gasteiger partial charge is 0.393 e. The first-order valence-corrected chi connectivity index (χ1v) is 12.5. The van der Waals surface area contributed by atoms with E-state index in [9.17, 15) is 15.3 Å². The Hall–Kier alpha value is -2.79. The zero-order chi connectivity index (χ0) is 24.1. The zero-order valence-electron chi connectivity index (χ0n) is 19.8. The van der Waals surface area contributed by atoms with Gasteiger partial charge in [-0.05, 0) is 50.2 Å². The molecule has 1 saturated heterocycles. The van der Waals surface area contributed by atoms with Crippen LogP contribution in [0.1, 0.15) is 50.0 Å². The van der Waals surface area contributed by atoms with Crippen molar-refractivity contribution in [1.82, 2.24) is 19.5 Å². The molecule has 2 aliphatic heterocycles. The van der Waals surface area contributed by atoms with Crippen LogP contribution in [0.4, 0.5) is 11.8 Å². The SMILES string of the molecule is C[C@H]1O[C@@H](n2c(N[C@H]3CC[C@@H](O)CC3)nc3c(N4CCc5ccccc5C4)ncnc32)[C@H](O)[C@@H]1O. The molecule has 3 aliphatic rings. The maximum atomic E-state index is 10.8. The van der Waals surface area contributed by atoms with Gasteiger partial charge in [-0.25, -0.2) is 15.0 Å². The van der Waals surface area contributed by atoms with E-state index in [0.29, 0.717) is 17.1 Å². The van der Waals surface area contributed by atoms with Crippen molar-refractivity contribution in [2.45, 2.75) is 82.3 Å². The highest BCUT2D eigenvalue weighted by Crippen LogP contribution is 2.37. The van der Waals surface area contributed by atoms with Crippen LogP contribution in [-0.4, -0.2) is 71.8 Å². The smallest absolute Gasteiger partial charge is 0.207 e. The number of hydrogen-bond acceptors (Lipinski definition) is 9. The number of aliphatic hydroxyl groups excluding tert-OH is 3. The second kappa shape index (κ2) is 9.02. The number of fused-ring (bicyclic) bond motifs is 2. The van der Waals surface area contributed by atoms with Crippen molar-refractivity contribution in [2.75, 3.05) is 16.8 Å². The minimum absolute atomic E-state index is 0.133. The van der Waals surface area contributed by atoms with Crippen molar-refractivity contribution in [3.63, 3.8) is 0 Å². The average Bonchev–Trinajstić information content (AvgIpc) is 3.36. The molecule has 0 amide bonds. The van der Waals surface area contributed by atoms with E-state index in [1.807, 2.05) is 0 Å². The summed E-state index contributed by atoms with van der Waals surface area (Å²) < 4.78 is 7.75. The lowest BCUT2D eigenvalue weighted by atomic mass is 9.93. The van der Waals surface area contributed by atoms with E-state index in [-0.39, 0.29) is 12.1 Å². The van der Waals surface area contributed by atoms with Crippen LogP contribution < -0.4 is 10.2 Å². The molecule has 10 heteroatoms. The van der Waals surface area contributed by atoms with Gasteiger partial charge < -0.3 is 30.3 Å². The number of anilines is 2. The Kier molecular flexibility index (Phi) is 5.84. The molecule has 1 aromatic carbocycles. The summed E-state index contributed by atoms with van der Waals surface area (Å²) in [6.07, 6.45) is 1.82. The fourth-order valence-corrected chi connectivity index (χ4v) is 5.59. The Morgan fingerprint density at radius 1 is 1.00 bits per heavy atom. The van der Waals surface area contributed by atoms with E-state index in [0.717, 1.165) is 51.0 Å². The van der Waals surface area contributed by atoms with E-state index in [4.69, 9.17) is 9.72 Å². The van der Waals surface area contributed by atoms with Crippen molar-refractivity contribution in [2.24, 2.45) is 0 Å². The minimum Gasteiger partial charge on any atom is -0.393 e. The summed E-state index contributed by atoms with van der Waals surface area (Å²) in [5, 5.41) is 34.7. The third kappa shape index (κ3) is 4.04. The summed E-state index contributed by atoms with van der Waals surface area (Å²) in [5.41, 5.74) is 3.81.